The lowest BCUT2D eigenvalue weighted by atomic mass is 10.0. The number of amides is 2. The van der Waals surface area contributed by atoms with Gasteiger partial charge in [-0.25, -0.2) is 4.79 Å². The van der Waals surface area contributed by atoms with E-state index in [0.717, 1.165) is 16.0 Å². The summed E-state index contributed by atoms with van der Waals surface area (Å²) in [4.78, 5) is 36.0. The van der Waals surface area contributed by atoms with E-state index in [2.05, 4.69) is 5.32 Å². The number of rotatable bonds is 7. The van der Waals surface area contributed by atoms with Gasteiger partial charge >= 0.3 is 5.97 Å². The van der Waals surface area contributed by atoms with Gasteiger partial charge in [0, 0.05) is 13.5 Å². The van der Waals surface area contributed by atoms with Gasteiger partial charge in [0.2, 0.25) is 11.8 Å². The molecule has 0 saturated heterocycles. The molecule has 23 heavy (non-hydrogen) atoms. The average molecular weight is 320 g/mol. The second kappa shape index (κ2) is 7.76. The van der Waals surface area contributed by atoms with E-state index in [4.69, 9.17) is 5.11 Å². The summed E-state index contributed by atoms with van der Waals surface area (Å²) >= 11 is 0. The highest BCUT2D eigenvalue weighted by Gasteiger charge is 2.34. The van der Waals surface area contributed by atoms with Crippen LogP contribution in [-0.4, -0.2) is 46.9 Å². The van der Waals surface area contributed by atoms with Crippen molar-refractivity contribution in [3.63, 3.8) is 0 Å². The summed E-state index contributed by atoms with van der Waals surface area (Å²) in [7, 11) is 1.41. The molecule has 6 heteroatoms. The van der Waals surface area contributed by atoms with Crippen LogP contribution in [0.3, 0.4) is 0 Å². The van der Waals surface area contributed by atoms with Crippen molar-refractivity contribution in [3.8, 4) is 0 Å². The molecule has 0 radical (unpaired) electrons. The zero-order valence-electron chi connectivity index (χ0n) is 14.0. The van der Waals surface area contributed by atoms with Crippen LogP contribution in [0.1, 0.15) is 31.4 Å². The number of benzene rings is 1. The van der Waals surface area contributed by atoms with Crippen molar-refractivity contribution in [1.82, 2.24) is 10.2 Å². The number of nitrogens with one attached hydrogen (secondary N) is 1. The molecule has 6 nitrogen and oxygen atoms in total. The van der Waals surface area contributed by atoms with E-state index in [9.17, 15) is 14.4 Å². The highest BCUT2D eigenvalue weighted by molar-refractivity contribution is 5.89. The number of carboxylic acid groups (broad SMARTS) is 1. The Morgan fingerprint density at radius 1 is 1.17 bits per heavy atom. The molecule has 0 saturated carbocycles. The van der Waals surface area contributed by atoms with Gasteiger partial charge in [-0.3, -0.25) is 9.59 Å². The summed E-state index contributed by atoms with van der Waals surface area (Å²) in [6.07, 6.45) is 0.874. The number of nitrogens with zero attached hydrogens (tertiary/aromatic N) is 1. The molecule has 1 aromatic carbocycles. The molecule has 0 heterocycles. The Hall–Kier alpha value is -2.37. The fourth-order valence-electron chi connectivity index (χ4n) is 1.85. The second-order valence-electron chi connectivity index (χ2n) is 6.08. The molecule has 0 unspecified atom stereocenters. The molecule has 0 aromatic heterocycles. The van der Waals surface area contributed by atoms with E-state index in [0.29, 0.717) is 6.42 Å². The number of carbonyl (C=O) groups excluding carboxylic acids is 2. The third kappa shape index (κ3) is 5.39. The number of aliphatic carboxylic acids is 1. The fourth-order valence-corrected chi connectivity index (χ4v) is 1.85. The normalized spacial score (nSPS) is 11.0. The lowest BCUT2D eigenvalue weighted by Crippen LogP contribution is -2.53. The summed E-state index contributed by atoms with van der Waals surface area (Å²) in [5.74, 6) is -1.78. The Bertz CT molecular complexity index is 579. The topological polar surface area (TPSA) is 86.7 Å². The first-order valence-electron chi connectivity index (χ1n) is 7.47. The largest absolute Gasteiger partial charge is 0.480 e. The van der Waals surface area contributed by atoms with Gasteiger partial charge in [0.25, 0.3) is 0 Å². The van der Waals surface area contributed by atoms with E-state index in [1.165, 1.54) is 20.9 Å². The van der Waals surface area contributed by atoms with Gasteiger partial charge in [-0.05, 0) is 32.8 Å². The summed E-state index contributed by atoms with van der Waals surface area (Å²) in [6.45, 7) is 4.66. The minimum atomic E-state index is -1.32. The Kier molecular flexibility index (Phi) is 6.30. The molecule has 2 N–H and O–H groups in total. The van der Waals surface area contributed by atoms with Gasteiger partial charge in [-0.15, -0.1) is 0 Å². The molecule has 0 atom stereocenters. The number of carbonyl (C=O) groups is 3. The molecule has 0 aliphatic rings. The van der Waals surface area contributed by atoms with Crippen molar-refractivity contribution < 1.29 is 19.5 Å². The van der Waals surface area contributed by atoms with Crippen LogP contribution in [0, 0.1) is 6.92 Å². The zero-order valence-corrected chi connectivity index (χ0v) is 14.0. The number of hydrogen-bond acceptors (Lipinski definition) is 3. The van der Waals surface area contributed by atoms with E-state index >= 15 is 0 Å². The highest BCUT2D eigenvalue weighted by atomic mass is 16.4. The van der Waals surface area contributed by atoms with Gasteiger partial charge in [0.1, 0.15) is 5.54 Å². The van der Waals surface area contributed by atoms with Crippen molar-refractivity contribution in [2.45, 2.75) is 39.2 Å². The molecule has 1 rings (SSSR count). The minimum absolute atomic E-state index is 0.208. The predicted octanol–water partition coefficient (Wildman–Crippen LogP) is 1.37. The Labute approximate surface area is 136 Å². The summed E-state index contributed by atoms with van der Waals surface area (Å²) < 4.78 is 0. The molecule has 0 bridgehead atoms. The lowest BCUT2D eigenvalue weighted by molar-refractivity contribution is -0.155. The first kappa shape index (κ1) is 18.7. The summed E-state index contributed by atoms with van der Waals surface area (Å²) in [6, 6.07) is 7.91. The van der Waals surface area contributed by atoms with E-state index in [1.807, 2.05) is 31.2 Å². The van der Waals surface area contributed by atoms with Crippen LogP contribution in [0.2, 0.25) is 0 Å². The summed E-state index contributed by atoms with van der Waals surface area (Å²) in [5, 5.41) is 11.6. The predicted molar refractivity (Wildman–Crippen MR) is 87.0 cm³/mol. The monoisotopic (exact) mass is 320 g/mol. The SMILES string of the molecule is Cc1ccc(CCC(=O)NCC(=O)N(C)C(C)(C)C(=O)O)cc1. The lowest BCUT2D eigenvalue weighted by Gasteiger charge is -2.31. The third-order valence-electron chi connectivity index (χ3n) is 3.93. The van der Waals surface area contributed by atoms with Gasteiger partial charge in [0.05, 0.1) is 6.54 Å². The Balaban J connectivity index is 2.42. The van der Waals surface area contributed by atoms with Crippen molar-refractivity contribution in [2.75, 3.05) is 13.6 Å². The van der Waals surface area contributed by atoms with E-state index in [-0.39, 0.29) is 18.9 Å². The first-order chi connectivity index (χ1) is 10.6. The van der Waals surface area contributed by atoms with E-state index in [1.54, 1.807) is 0 Å². The van der Waals surface area contributed by atoms with Crippen LogP contribution in [0.25, 0.3) is 0 Å². The minimum Gasteiger partial charge on any atom is -0.480 e. The molecule has 0 aliphatic heterocycles. The third-order valence-corrected chi connectivity index (χ3v) is 3.93. The molecule has 0 fully saturated rings. The average Bonchev–Trinajstić information content (AvgIpc) is 2.51. The van der Waals surface area contributed by atoms with Crippen LogP contribution in [0.15, 0.2) is 24.3 Å². The molecular formula is C17H24N2O4. The maximum atomic E-state index is 12.0. The standard InChI is InChI=1S/C17H24N2O4/c1-12-5-7-13(8-6-12)9-10-14(20)18-11-15(21)19(4)17(2,3)16(22)23/h5-8H,9-11H2,1-4H3,(H,18,20)(H,22,23). The van der Waals surface area contributed by atoms with Crippen LogP contribution >= 0.6 is 0 Å². The highest BCUT2D eigenvalue weighted by Crippen LogP contribution is 2.12. The van der Waals surface area contributed by atoms with Crippen molar-refractivity contribution in [1.29, 1.82) is 0 Å². The fraction of sp³-hybridized carbons (Fsp3) is 0.471. The summed E-state index contributed by atoms with van der Waals surface area (Å²) in [5.41, 5.74) is 0.901. The first-order valence-corrected chi connectivity index (χ1v) is 7.47. The van der Waals surface area contributed by atoms with Gasteiger partial charge in [-0.1, -0.05) is 29.8 Å². The van der Waals surface area contributed by atoms with Crippen molar-refractivity contribution in [2.24, 2.45) is 0 Å². The maximum Gasteiger partial charge on any atom is 0.329 e. The van der Waals surface area contributed by atoms with Gasteiger partial charge in [-0.2, -0.15) is 0 Å². The molecule has 126 valence electrons. The number of hydrogen-bond donors (Lipinski definition) is 2. The van der Waals surface area contributed by atoms with E-state index < -0.39 is 17.4 Å². The molecule has 2 amide bonds. The number of carboxylic acids is 1. The van der Waals surface area contributed by atoms with Crippen LogP contribution < -0.4 is 5.32 Å². The van der Waals surface area contributed by atoms with Crippen LogP contribution in [0.4, 0.5) is 0 Å². The maximum absolute atomic E-state index is 12.0. The zero-order chi connectivity index (χ0) is 17.6. The number of likely N-dealkylation sites (N-methyl/N-ethyl adjacent to an activating group) is 1. The second-order valence-corrected chi connectivity index (χ2v) is 6.08. The molecule has 1 aromatic rings. The van der Waals surface area contributed by atoms with Crippen molar-refractivity contribution in [3.05, 3.63) is 35.4 Å². The Morgan fingerprint density at radius 2 is 1.74 bits per heavy atom. The molecular weight excluding hydrogens is 296 g/mol. The number of aryl methyl sites for hydroxylation is 2. The molecule has 0 aliphatic carbocycles. The molecule has 0 spiro atoms. The van der Waals surface area contributed by atoms with Gasteiger partial charge in [0.15, 0.2) is 0 Å². The van der Waals surface area contributed by atoms with Crippen LogP contribution in [-0.2, 0) is 20.8 Å². The smallest absolute Gasteiger partial charge is 0.329 e. The van der Waals surface area contributed by atoms with Crippen molar-refractivity contribution >= 4 is 17.8 Å². The Morgan fingerprint density at radius 3 is 2.26 bits per heavy atom. The van der Waals surface area contributed by atoms with Crippen LogP contribution in [0.5, 0.6) is 0 Å². The quantitative estimate of drug-likeness (QED) is 0.794. The van der Waals surface area contributed by atoms with Gasteiger partial charge < -0.3 is 15.3 Å².